The lowest BCUT2D eigenvalue weighted by Gasteiger charge is -2.03. The van der Waals surface area contributed by atoms with Gasteiger partial charge in [-0.15, -0.1) is 0 Å². The molecule has 0 fully saturated rings. The SMILES string of the molecule is Fc1ccc(C[n+]2cc(Br)cc(-c3nc4ccccc4o3)c2)c(Cl)c1. The molecule has 0 aliphatic rings. The molecule has 0 saturated carbocycles. The Morgan fingerprint density at radius 2 is 1.96 bits per heavy atom. The molecule has 25 heavy (non-hydrogen) atoms. The highest BCUT2D eigenvalue weighted by atomic mass is 79.9. The zero-order valence-corrected chi connectivity index (χ0v) is 15.3. The van der Waals surface area contributed by atoms with Crippen LogP contribution in [0.1, 0.15) is 5.56 Å². The van der Waals surface area contributed by atoms with E-state index in [1.54, 1.807) is 6.07 Å². The fraction of sp³-hybridized carbons (Fsp3) is 0.0526. The molecule has 0 aliphatic carbocycles. The van der Waals surface area contributed by atoms with E-state index >= 15 is 0 Å². The Kier molecular flexibility index (Phi) is 4.27. The molecule has 0 spiro atoms. The Bertz CT molecular complexity index is 1050. The van der Waals surface area contributed by atoms with Crippen molar-refractivity contribution in [1.82, 2.24) is 4.98 Å². The number of rotatable bonds is 3. The van der Waals surface area contributed by atoms with Gasteiger partial charge in [-0.05, 0) is 52.3 Å². The van der Waals surface area contributed by atoms with Crippen molar-refractivity contribution in [2.45, 2.75) is 6.54 Å². The van der Waals surface area contributed by atoms with Gasteiger partial charge in [0.2, 0.25) is 5.89 Å². The maximum absolute atomic E-state index is 13.2. The molecule has 0 N–H and O–H groups in total. The van der Waals surface area contributed by atoms with E-state index in [0.29, 0.717) is 17.5 Å². The highest BCUT2D eigenvalue weighted by Gasteiger charge is 2.15. The van der Waals surface area contributed by atoms with Crippen molar-refractivity contribution in [1.29, 1.82) is 0 Å². The summed E-state index contributed by atoms with van der Waals surface area (Å²) < 4.78 is 21.9. The lowest BCUT2D eigenvalue weighted by molar-refractivity contribution is -0.688. The van der Waals surface area contributed by atoms with Crippen LogP contribution in [0.4, 0.5) is 4.39 Å². The minimum Gasteiger partial charge on any atom is -0.436 e. The highest BCUT2D eigenvalue weighted by molar-refractivity contribution is 9.10. The lowest BCUT2D eigenvalue weighted by Crippen LogP contribution is -2.34. The van der Waals surface area contributed by atoms with Crippen LogP contribution in [0, 0.1) is 5.82 Å². The van der Waals surface area contributed by atoms with Crippen molar-refractivity contribution in [2.75, 3.05) is 0 Å². The van der Waals surface area contributed by atoms with Crippen molar-refractivity contribution in [3.05, 3.63) is 81.8 Å². The maximum atomic E-state index is 13.2. The van der Waals surface area contributed by atoms with Gasteiger partial charge in [0.05, 0.1) is 9.50 Å². The number of benzene rings is 2. The third-order valence-electron chi connectivity index (χ3n) is 3.80. The Morgan fingerprint density at radius 1 is 1.12 bits per heavy atom. The van der Waals surface area contributed by atoms with Gasteiger partial charge in [0.15, 0.2) is 24.5 Å². The van der Waals surface area contributed by atoms with Gasteiger partial charge < -0.3 is 4.42 Å². The molecule has 0 aliphatic heterocycles. The normalized spacial score (nSPS) is 11.2. The Labute approximate surface area is 156 Å². The van der Waals surface area contributed by atoms with Crippen LogP contribution in [0.3, 0.4) is 0 Å². The van der Waals surface area contributed by atoms with Gasteiger partial charge in [-0.25, -0.2) is 9.37 Å². The average Bonchev–Trinajstić information content (AvgIpc) is 3.01. The summed E-state index contributed by atoms with van der Waals surface area (Å²) in [6.45, 7) is 0.506. The van der Waals surface area contributed by atoms with E-state index in [9.17, 15) is 4.39 Å². The molecule has 4 aromatic rings. The zero-order chi connectivity index (χ0) is 17.4. The van der Waals surface area contributed by atoms with Crippen LogP contribution in [-0.2, 0) is 6.54 Å². The highest BCUT2D eigenvalue weighted by Crippen LogP contribution is 2.25. The maximum Gasteiger partial charge on any atom is 0.233 e. The quantitative estimate of drug-likeness (QED) is 0.418. The number of nitrogens with zero attached hydrogens (tertiary/aromatic N) is 2. The molecule has 0 atom stereocenters. The molecule has 0 unspecified atom stereocenters. The van der Waals surface area contributed by atoms with Crippen LogP contribution in [-0.4, -0.2) is 4.98 Å². The van der Waals surface area contributed by atoms with Crippen molar-refractivity contribution in [2.24, 2.45) is 0 Å². The fourth-order valence-corrected chi connectivity index (χ4v) is 3.38. The molecule has 3 nitrogen and oxygen atoms in total. The van der Waals surface area contributed by atoms with E-state index in [0.717, 1.165) is 26.7 Å². The van der Waals surface area contributed by atoms with Crippen LogP contribution < -0.4 is 4.57 Å². The number of para-hydroxylation sites is 2. The largest absolute Gasteiger partial charge is 0.436 e. The smallest absolute Gasteiger partial charge is 0.233 e. The number of fused-ring (bicyclic) bond motifs is 1. The summed E-state index contributed by atoms with van der Waals surface area (Å²) in [5.74, 6) is 0.196. The molecule has 4 rings (SSSR count). The van der Waals surface area contributed by atoms with Crippen molar-refractivity contribution >= 4 is 38.6 Å². The number of hydrogen-bond acceptors (Lipinski definition) is 2. The van der Waals surface area contributed by atoms with Gasteiger partial charge in [-0.3, -0.25) is 0 Å². The van der Waals surface area contributed by atoms with Crippen LogP contribution in [0.2, 0.25) is 5.02 Å². The van der Waals surface area contributed by atoms with Gasteiger partial charge in [-0.2, -0.15) is 4.57 Å². The monoisotopic (exact) mass is 417 g/mol. The number of pyridine rings is 1. The molecular formula is C19H12BrClFN2O+. The van der Waals surface area contributed by atoms with E-state index in [-0.39, 0.29) is 5.82 Å². The summed E-state index contributed by atoms with van der Waals surface area (Å²) in [4.78, 5) is 4.52. The van der Waals surface area contributed by atoms with E-state index in [2.05, 4.69) is 20.9 Å². The molecule has 124 valence electrons. The topological polar surface area (TPSA) is 29.9 Å². The first-order valence-electron chi connectivity index (χ1n) is 7.58. The lowest BCUT2D eigenvalue weighted by atomic mass is 10.2. The molecule has 0 bridgehead atoms. The Hall–Kier alpha value is -2.24. The van der Waals surface area contributed by atoms with E-state index < -0.39 is 0 Å². The van der Waals surface area contributed by atoms with Crippen LogP contribution >= 0.6 is 27.5 Å². The van der Waals surface area contributed by atoms with Crippen molar-refractivity contribution in [3.63, 3.8) is 0 Å². The van der Waals surface area contributed by atoms with Gasteiger partial charge in [-0.1, -0.05) is 23.7 Å². The molecular weight excluding hydrogens is 407 g/mol. The number of halogens is 3. The summed E-state index contributed by atoms with van der Waals surface area (Å²) in [6.07, 6.45) is 3.85. The predicted octanol–water partition coefficient (Wildman–Crippen LogP) is 5.39. The second kappa shape index (κ2) is 6.58. The van der Waals surface area contributed by atoms with Crippen LogP contribution in [0.15, 0.2) is 69.8 Å². The fourth-order valence-electron chi connectivity index (χ4n) is 2.65. The van der Waals surface area contributed by atoms with Crippen LogP contribution in [0.5, 0.6) is 0 Å². The zero-order valence-electron chi connectivity index (χ0n) is 12.9. The minimum atomic E-state index is -0.347. The standard InChI is InChI=1S/C19H12BrClFN2O/c20-14-7-13(19-23-17-3-1-2-4-18(17)25-19)10-24(11-14)9-12-5-6-15(22)8-16(12)21/h1-8,10-11H,9H2/q+1. The van der Waals surface area contributed by atoms with Gasteiger partial charge in [0.1, 0.15) is 16.9 Å². The number of oxazole rings is 1. The van der Waals surface area contributed by atoms with Gasteiger partial charge >= 0.3 is 0 Å². The number of hydrogen-bond donors (Lipinski definition) is 0. The third kappa shape index (κ3) is 3.43. The third-order valence-corrected chi connectivity index (χ3v) is 4.58. The van der Waals surface area contributed by atoms with Crippen molar-refractivity contribution < 1.29 is 13.4 Å². The molecule has 2 aromatic heterocycles. The first-order valence-corrected chi connectivity index (χ1v) is 8.75. The minimum absolute atomic E-state index is 0.347. The second-order valence-electron chi connectivity index (χ2n) is 5.64. The first-order chi connectivity index (χ1) is 12.1. The Balaban J connectivity index is 1.73. The molecule has 0 radical (unpaired) electrons. The summed E-state index contributed by atoms with van der Waals surface area (Å²) in [7, 11) is 0. The van der Waals surface area contributed by atoms with E-state index in [1.807, 2.05) is 47.3 Å². The predicted molar refractivity (Wildman–Crippen MR) is 97.9 cm³/mol. The summed E-state index contributed by atoms with van der Waals surface area (Å²) >= 11 is 9.65. The average molecular weight is 419 g/mol. The van der Waals surface area contributed by atoms with Gasteiger partial charge in [0, 0.05) is 5.56 Å². The Morgan fingerprint density at radius 3 is 2.76 bits per heavy atom. The van der Waals surface area contributed by atoms with Crippen molar-refractivity contribution in [3.8, 4) is 11.5 Å². The molecule has 2 heterocycles. The molecule has 2 aromatic carbocycles. The summed E-state index contributed by atoms with van der Waals surface area (Å²) in [5.41, 5.74) is 3.22. The van der Waals surface area contributed by atoms with E-state index in [4.69, 9.17) is 16.0 Å². The second-order valence-corrected chi connectivity index (χ2v) is 6.96. The first kappa shape index (κ1) is 16.2. The number of aromatic nitrogens is 2. The molecule has 0 saturated heterocycles. The molecule has 6 heteroatoms. The van der Waals surface area contributed by atoms with E-state index in [1.165, 1.54) is 12.1 Å². The summed E-state index contributed by atoms with van der Waals surface area (Å²) in [6, 6.07) is 14.0. The van der Waals surface area contributed by atoms with Gasteiger partial charge in [0.25, 0.3) is 0 Å². The molecule has 0 amide bonds. The van der Waals surface area contributed by atoms with Crippen LogP contribution in [0.25, 0.3) is 22.6 Å². The summed E-state index contributed by atoms with van der Waals surface area (Å²) in [5, 5.41) is 0.399.